The Balaban J connectivity index is 1.25. The van der Waals surface area contributed by atoms with Crippen molar-refractivity contribution in [2.75, 3.05) is 6.54 Å². The summed E-state index contributed by atoms with van der Waals surface area (Å²) in [5, 5.41) is 18.0. The lowest BCUT2D eigenvalue weighted by Crippen LogP contribution is -2.32. The third-order valence-electron chi connectivity index (χ3n) is 6.69. The van der Waals surface area contributed by atoms with Crippen LogP contribution in [-0.2, 0) is 24.2 Å². The lowest BCUT2D eigenvalue weighted by Gasteiger charge is -2.18. The monoisotopic (exact) mass is 564 g/mol. The fourth-order valence-electron chi connectivity index (χ4n) is 4.58. The number of hydrogen-bond donors (Lipinski definition) is 3. The lowest BCUT2D eigenvalue weighted by molar-refractivity contribution is -0.120. The molecule has 2 heterocycles. The molecule has 2 aromatic heterocycles. The minimum atomic E-state index is -0.661. The van der Waals surface area contributed by atoms with Crippen LogP contribution in [0.3, 0.4) is 0 Å². The van der Waals surface area contributed by atoms with Crippen molar-refractivity contribution in [3.63, 3.8) is 0 Å². The second-order valence-corrected chi connectivity index (χ2v) is 10.8. The number of aliphatic hydroxyl groups excluding tert-OH is 1. The Morgan fingerprint density at radius 1 is 0.949 bits per heavy atom. The van der Waals surface area contributed by atoms with Crippen molar-refractivity contribution < 1.29 is 9.90 Å². The SMILES string of the molecule is Cc1ccc(C)n1-c1ccc([C@@H](O)CN[C@H](C)Cc2cccc(CC(=O)NCc3ccc(Cl)c(Cl)c3)c2)cn1. The number of aromatic nitrogens is 2. The largest absolute Gasteiger partial charge is 0.387 e. The van der Waals surface area contributed by atoms with Gasteiger partial charge in [-0.15, -0.1) is 0 Å². The number of aryl methyl sites for hydroxylation is 2. The molecule has 0 saturated heterocycles. The van der Waals surface area contributed by atoms with Gasteiger partial charge in [-0.2, -0.15) is 0 Å². The predicted octanol–water partition coefficient (Wildman–Crippen LogP) is 5.91. The first-order valence-electron chi connectivity index (χ1n) is 13.0. The molecule has 2 atom stereocenters. The number of nitrogens with zero attached hydrogens (tertiary/aromatic N) is 2. The molecule has 0 unspecified atom stereocenters. The number of carbonyl (C=O) groups excluding carboxylic acids is 1. The molecule has 39 heavy (non-hydrogen) atoms. The van der Waals surface area contributed by atoms with Crippen LogP contribution in [0.2, 0.25) is 10.0 Å². The van der Waals surface area contributed by atoms with Gasteiger partial charge in [-0.1, -0.05) is 59.6 Å². The number of carbonyl (C=O) groups is 1. The molecule has 4 rings (SSSR count). The molecule has 0 aliphatic rings. The topological polar surface area (TPSA) is 79.2 Å². The highest BCUT2D eigenvalue weighted by Gasteiger charge is 2.13. The quantitative estimate of drug-likeness (QED) is 0.211. The Bertz CT molecular complexity index is 1400. The van der Waals surface area contributed by atoms with Gasteiger partial charge in [0.05, 0.1) is 22.6 Å². The maximum atomic E-state index is 12.5. The number of rotatable bonds is 11. The molecule has 0 radical (unpaired) electrons. The van der Waals surface area contributed by atoms with E-state index in [4.69, 9.17) is 23.2 Å². The van der Waals surface area contributed by atoms with E-state index in [2.05, 4.69) is 51.4 Å². The molecule has 8 heteroatoms. The van der Waals surface area contributed by atoms with Crippen molar-refractivity contribution >= 4 is 29.1 Å². The third-order valence-corrected chi connectivity index (χ3v) is 7.43. The van der Waals surface area contributed by atoms with Gasteiger partial charge >= 0.3 is 0 Å². The van der Waals surface area contributed by atoms with Gasteiger partial charge in [-0.05, 0) is 74.2 Å². The number of benzene rings is 2. The summed E-state index contributed by atoms with van der Waals surface area (Å²) in [4.78, 5) is 17.0. The first-order chi connectivity index (χ1) is 18.7. The normalized spacial score (nSPS) is 12.8. The van der Waals surface area contributed by atoms with Gasteiger partial charge < -0.3 is 20.3 Å². The van der Waals surface area contributed by atoms with Crippen LogP contribution in [0.15, 0.2) is 72.9 Å². The van der Waals surface area contributed by atoms with Gasteiger partial charge in [-0.3, -0.25) is 4.79 Å². The van der Waals surface area contributed by atoms with E-state index in [0.717, 1.165) is 45.9 Å². The summed E-state index contributed by atoms with van der Waals surface area (Å²) in [6, 6.07) is 21.5. The molecule has 6 nitrogen and oxygen atoms in total. The third kappa shape index (κ3) is 7.93. The maximum absolute atomic E-state index is 12.5. The first-order valence-corrected chi connectivity index (χ1v) is 13.8. The van der Waals surface area contributed by atoms with Crippen LogP contribution < -0.4 is 10.6 Å². The van der Waals surface area contributed by atoms with E-state index in [1.807, 2.05) is 44.2 Å². The zero-order valence-corrected chi connectivity index (χ0v) is 23.9. The van der Waals surface area contributed by atoms with Crippen LogP contribution in [0.5, 0.6) is 0 Å². The summed E-state index contributed by atoms with van der Waals surface area (Å²) < 4.78 is 2.09. The van der Waals surface area contributed by atoms with E-state index in [0.29, 0.717) is 29.6 Å². The van der Waals surface area contributed by atoms with E-state index < -0.39 is 6.10 Å². The second kappa shape index (κ2) is 13.3. The highest BCUT2D eigenvalue weighted by atomic mass is 35.5. The van der Waals surface area contributed by atoms with E-state index >= 15 is 0 Å². The Labute approximate surface area is 240 Å². The van der Waals surface area contributed by atoms with Crippen molar-refractivity contribution in [3.05, 3.63) is 117 Å². The average molecular weight is 566 g/mol. The van der Waals surface area contributed by atoms with E-state index in [1.54, 1.807) is 18.3 Å². The molecule has 0 aliphatic carbocycles. The van der Waals surface area contributed by atoms with Crippen LogP contribution in [-0.4, -0.2) is 33.2 Å². The maximum Gasteiger partial charge on any atom is 0.224 e. The minimum Gasteiger partial charge on any atom is -0.387 e. The van der Waals surface area contributed by atoms with Crippen LogP contribution in [0, 0.1) is 13.8 Å². The molecule has 2 aromatic carbocycles. The summed E-state index contributed by atoms with van der Waals surface area (Å²) in [5.74, 6) is 0.782. The average Bonchev–Trinajstić information content (AvgIpc) is 3.25. The molecule has 0 bridgehead atoms. The van der Waals surface area contributed by atoms with Crippen molar-refractivity contribution in [2.45, 2.75) is 52.3 Å². The van der Waals surface area contributed by atoms with Crippen molar-refractivity contribution in [1.29, 1.82) is 0 Å². The Morgan fingerprint density at radius 3 is 2.38 bits per heavy atom. The molecule has 0 aliphatic heterocycles. The molecular weight excluding hydrogens is 531 g/mol. The number of pyridine rings is 1. The van der Waals surface area contributed by atoms with Crippen molar-refractivity contribution in [3.8, 4) is 5.82 Å². The zero-order chi connectivity index (χ0) is 27.9. The smallest absolute Gasteiger partial charge is 0.224 e. The molecule has 1 amide bonds. The molecule has 204 valence electrons. The Morgan fingerprint density at radius 2 is 1.69 bits per heavy atom. The molecular formula is C31H34Cl2N4O2. The van der Waals surface area contributed by atoms with Crippen molar-refractivity contribution in [1.82, 2.24) is 20.2 Å². The van der Waals surface area contributed by atoms with Gasteiger partial charge in [-0.25, -0.2) is 4.98 Å². The Hall–Kier alpha value is -3.16. The van der Waals surface area contributed by atoms with Gasteiger partial charge in [0.2, 0.25) is 5.91 Å². The van der Waals surface area contributed by atoms with Crippen LogP contribution in [0.4, 0.5) is 0 Å². The van der Waals surface area contributed by atoms with Crippen LogP contribution in [0.25, 0.3) is 5.82 Å². The van der Waals surface area contributed by atoms with Gasteiger partial charge in [0.15, 0.2) is 0 Å². The molecule has 0 spiro atoms. The van der Waals surface area contributed by atoms with E-state index in [1.165, 1.54) is 0 Å². The number of amides is 1. The summed E-state index contributed by atoms with van der Waals surface area (Å²) >= 11 is 12.0. The highest BCUT2D eigenvalue weighted by molar-refractivity contribution is 6.42. The number of aliphatic hydroxyl groups is 1. The first kappa shape index (κ1) is 28.8. The lowest BCUT2D eigenvalue weighted by atomic mass is 10.0. The zero-order valence-electron chi connectivity index (χ0n) is 22.4. The van der Waals surface area contributed by atoms with Crippen molar-refractivity contribution in [2.24, 2.45) is 0 Å². The van der Waals surface area contributed by atoms with Gasteiger partial charge in [0.25, 0.3) is 0 Å². The molecule has 0 fully saturated rings. The second-order valence-electron chi connectivity index (χ2n) is 9.95. The van der Waals surface area contributed by atoms with Crippen LogP contribution in [0.1, 0.15) is 46.7 Å². The fourth-order valence-corrected chi connectivity index (χ4v) is 4.90. The Kier molecular flexibility index (Phi) is 9.81. The molecule has 3 N–H and O–H groups in total. The minimum absolute atomic E-state index is 0.0609. The van der Waals surface area contributed by atoms with E-state index in [9.17, 15) is 9.90 Å². The summed E-state index contributed by atoms with van der Waals surface area (Å²) in [6.45, 7) is 6.99. The van der Waals surface area contributed by atoms with Gasteiger partial charge in [0, 0.05) is 42.3 Å². The highest BCUT2D eigenvalue weighted by Crippen LogP contribution is 2.22. The standard InChI is InChI=1S/C31H34Cl2N4O2/c1-20(34-19-29(38)26-10-12-30(35-18-26)37-21(2)7-8-22(37)3)13-23-5-4-6-24(14-23)16-31(39)36-17-25-9-11-27(32)28(33)15-25/h4-12,14-15,18,20,29,34,38H,13,16-17,19H2,1-3H3,(H,36,39)/t20-,29+/m1/s1. The predicted molar refractivity (Wildman–Crippen MR) is 158 cm³/mol. The molecule has 4 aromatic rings. The summed E-state index contributed by atoms with van der Waals surface area (Å²) in [6.07, 6.45) is 2.14. The summed E-state index contributed by atoms with van der Waals surface area (Å²) in [7, 11) is 0. The van der Waals surface area contributed by atoms with E-state index in [-0.39, 0.29) is 11.9 Å². The van der Waals surface area contributed by atoms with Gasteiger partial charge in [0.1, 0.15) is 5.82 Å². The number of nitrogens with one attached hydrogen (secondary N) is 2. The number of hydrogen-bond acceptors (Lipinski definition) is 4. The fraction of sp³-hybridized carbons (Fsp3) is 0.290. The molecule has 0 saturated carbocycles. The number of halogens is 2. The summed E-state index contributed by atoms with van der Waals surface area (Å²) in [5.41, 5.74) is 5.99. The van der Waals surface area contributed by atoms with Crippen LogP contribution >= 0.6 is 23.2 Å².